The Bertz CT molecular complexity index is 696. The maximum Gasteiger partial charge on any atom is 0.323 e. The van der Waals surface area contributed by atoms with Crippen LogP contribution in [0.3, 0.4) is 0 Å². The van der Waals surface area contributed by atoms with Gasteiger partial charge in [-0.1, -0.05) is 54.1 Å². The fourth-order valence-corrected chi connectivity index (χ4v) is 3.26. The van der Waals surface area contributed by atoms with Crippen LogP contribution in [0, 0.1) is 6.92 Å². The summed E-state index contributed by atoms with van der Waals surface area (Å²) in [5, 5.41) is 0. The lowest BCUT2D eigenvalue weighted by molar-refractivity contribution is -0.150. The second-order valence-electron chi connectivity index (χ2n) is 6.13. The number of ether oxygens (including phenoxy) is 1. The molecule has 3 nitrogen and oxygen atoms in total. The van der Waals surface area contributed by atoms with Gasteiger partial charge in [-0.05, 0) is 37.0 Å². The highest BCUT2D eigenvalue weighted by molar-refractivity contribution is 5.76. The van der Waals surface area contributed by atoms with E-state index in [1.807, 2.05) is 13.0 Å². The van der Waals surface area contributed by atoms with Crippen LogP contribution >= 0.6 is 0 Å². The molecule has 0 bridgehead atoms. The second-order valence-corrected chi connectivity index (χ2v) is 6.13. The fraction of sp³-hybridized carbons (Fsp3) is 0.350. The monoisotopic (exact) mass is 309 g/mol. The lowest BCUT2D eigenvalue weighted by Gasteiger charge is -2.35. The number of aryl methyl sites for hydroxylation is 1. The third-order valence-corrected chi connectivity index (χ3v) is 4.37. The summed E-state index contributed by atoms with van der Waals surface area (Å²) in [6.07, 6.45) is 0.723. The van der Waals surface area contributed by atoms with Gasteiger partial charge in [-0.25, -0.2) is 0 Å². The van der Waals surface area contributed by atoms with E-state index in [1.54, 1.807) is 0 Å². The van der Waals surface area contributed by atoms with Gasteiger partial charge >= 0.3 is 5.97 Å². The Labute approximate surface area is 137 Å². The van der Waals surface area contributed by atoms with Gasteiger partial charge in [-0.15, -0.1) is 0 Å². The first-order valence-corrected chi connectivity index (χ1v) is 8.20. The van der Waals surface area contributed by atoms with E-state index in [0.717, 1.165) is 19.5 Å². The summed E-state index contributed by atoms with van der Waals surface area (Å²) in [6.45, 7) is 5.93. The summed E-state index contributed by atoms with van der Waals surface area (Å²) in [7, 11) is 0. The third kappa shape index (κ3) is 3.62. The molecule has 1 unspecified atom stereocenters. The van der Waals surface area contributed by atoms with Gasteiger partial charge in [-0.3, -0.25) is 9.69 Å². The predicted molar refractivity (Wildman–Crippen MR) is 91.0 cm³/mol. The van der Waals surface area contributed by atoms with Gasteiger partial charge in [0.15, 0.2) is 0 Å². The van der Waals surface area contributed by atoms with Crippen LogP contribution in [0.5, 0.6) is 0 Å². The molecule has 0 N–H and O–H groups in total. The van der Waals surface area contributed by atoms with E-state index in [4.69, 9.17) is 4.74 Å². The molecule has 2 aromatic rings. The van der Waals surface area contributed by atoms with Crippen LogP contribution in [0.1, 0.15) is 29.2 Å². The molecule has 0 amide bonds. The van der Waals surface area contributed by atoms with E-state index >= 15 is 0 Å². The van der Waals surface area contributed by atoms with Gasteiger partial charge in [0, 0.05) is 13.1 Å². The Morgan fingerprint density at radius 3 is 2.70 bits per heavy atom. The number of carbonyl (C=O) groups is 1. The van der Waals surface area contributed by atoms with Crippen LogP contribution in [-0.2, 0) is 29.0 Å². The Balaban J connectivity index is 1.86. The molecule has 120 valence electrons. The Morgan fingerprint density at radius 2 is 1.96 bits per heavy atom. The van der Waals surface area contributed by atoms with Gasteiger partial charge < -0.3 is 4.74 Å². The van der Waals surface area contributed by atoms with Crippen molar-refractivity contribution in [1.82, 2.24) is 4.90 Å². The van der Waals surface area contributed by atoms with Crippen molar-refractivity contribution in [3.05, 3.63) is 70.8 Å². The lowest BCUT2D eigenvalue weighted by atomic mass is 9.93. The smallest absolute Gasteiger partial charge is 0.323 e. The van der Waals surface area contributed by atoms with Crippen molar-refractivity contribution in [2.45, 2.75) is 39.4 Å². The maximum atomic E-state index is 12.4. The van der Waals surface area contributed by atoms with Crippen LogP contribution < -0.4 is 0 Å². The summed E-state index contributed by atoms with van der Waals surface area (Å²) in [5.41, 5.74) is 5.04. The number of fused-ring (bicyclic) bond motifs is 1. The van der Waals surface area contributed by atoms with E-state index in [2.05, 4.69) is 54.3 Å². The number of hydrogen-bond donors (Lipinski definition) is 0. The molecule has 1 atom stereocenters. The minimum atomic E-state index is -0.203. The Kier molecular flexibility index (Phi) is 4.77. The molecule has 1 heterocycles. The largest absolute Gasteiger partial charge is 0.465 e. The molecule has 0 aliphatic carbocycles. The van der Waals surface area contributed by atoms with Gasteiger partial charge in [0.05, 0.1) is 6.61 Å². The van der Waals surface area contributed by atoms with E-state index < -0.39 is 0 Å². The standard InChI is InChI=1S/C20H23NO2/c1-3-23-20(22)19-12-17-9-4-5-10-18(17)14-21(19)13-16-8-6-7-15(2)11-16/h4-11,19H,3,12-14H2,1-2H3. The number of hydrogen-bond acceptors (Lipinski definition) is 3. The van der Waals surface area contributed by atoms with Crippen LogP contribution in [-0.4, -0.2) is 23.5 Å². The maximum absolute atomic E-state index is 12.4. The van der Waals surface area contributed by atoms with Crippen LogP contribution in [0.4, 0.5) is 0 Å². The molecular formula is C20H23NO2. The highest BCUT2D eigenvalue weighted by atomic mass is 16.5. The van der Waals surface area contributed by atoms with Crippen molar-refractivity contribution in [3.63, 3.8) is 0 Å². The Morgan fingerprint density at radius 1 is 1.17 bits per heavy atom. The molecule has 23 heavy (non-hydrogen) atoms. The molecule has 0 saturated heterocycles. The average Bonchev–Trinajstić information content (AvgIpc) is 2.54. The summed E-state index contributed by atoms with van der Waals surface area (Å²) in [5.74, 6) is -0.116. The van der Waals surface area contributed by atoms with Gasteiger partial charge in [-0.2, -0.15) is 0 Å². The molecule has 0 fully saturated rings. The highest BCUT2D eigenvalue weighted by Gasteiger charge is 2.32. The summed E-state index contributed by atoms with van der Waals surface area (Å²) in [6, 6.07) is 16.6. The van der Waals surface area contributed by atoms with Crippen molar-refractivity contribution in [1.29, 1.82) is 0 Å². The molecule has 0 saturated carbocycles. The van der Waals surface area contributed by atoms with Crippen molar-refractivity contribution in [2.24, 2.45) is 0 Å². The SMILES string of the molecule is CCOC(=O)C1Cc2ccccc2CN1Cc1cccc(C)c1. The third-order valence-electron chi connectivity index (χ3n) is 4.37. The van der Waals surface area contributed by atoms with Crippen LogP contribution in [0.2, 0.25) is 0 Å². The number of esters is 1. The van der Waals surface area contributed by atoms with Gasteiger partial charge in [0.1, 0.15) is 6.04 Å². The molecule has 2 aromatic carbocycles. The van der Waals surface area contributed by atoms with E-state index in [1.165, 1.54) is 22.3 Å². The first-order valence-electron chi connectivity index (χ1n) is 8.20. The molecule has 0 aromatic heterocycles. The highest BCUT2D eigenvalue weighted by Crippen LogP contribution is 2.26. The number of carbonyl (C=O) groups excluding carboxylic acids is 1. The first-order chi connectivity index (χ1) is 11.2. The zero-order chi connectivity index (χ0) is 16.2. The molecule has 3 heteroatoms. The quantitative estimate of drug-likeness (QED) is 0.810. The predicted octanol–water partition coefficient (Wildman–Crippen LogP) is 3.49. The van der Waals surface area contributed by atoms with Crippen molar-refractivity contribution >= 4 is 5.97 Å². The molecule has 3 rings (SSSR count). The number of nitrogens with zero attached hydrogens (tertiary/aromatic N) is 1. The molecule has 0 spiro atoms. The first kappa shape index (κ1) is 15.8. The average molecular weight is 309 g/mol. The van der Waals surface area contributed by atoms with Crippen LogP contribution in [0.15, 0.2) is 48.5 Å². The molecule has 0 radical (unpaired) electrons. The van der Waals surface area contributed by atoms with E-state index in [0.29, 0.717) is 6.61 Å². The minimum Gasteiger partial charge on any atom is -0.465 e. The second kappa shape index (κ2) is 6.97. The van der Waals surface area contributed by atoms with Gasteiger partial charge in [0.25, 0.3) is 0 Å². The topological polar surface area (TPSA) is 29.5 Å². The molecule has 1 aliphatic heterocycles. The summed E-state index contributed by atoms with van der Waals surface area (Å²) < 4.78 is 5.31. The minimum absolute atomic E-state index is 0.116. The van der Waals surface area contributed by atoms with E-state index in [9.17, 15) is 4.79 Å². The number of benzene rings is 2. The van der Waals surface area contributed by atoms with E-state index in [-0.39, 0.29) is 12.0 Å². The zero-order valence-electron chi connectivity index (χ0n) is 13.8. The van der Waals surface area contributed by atoms with Crippen molar-refractivity contribution in [3.8, 4) is 0 Å². The fourth-order valence-electron chi connectivity index (χ4n) is 3.26. The zero-order valence-corrected chi connectivity index (χ0v) is 13.8. The van der Waals surface area contributed by atoms with Crippen molar-refractivity contribution < 1.29 is 9.53 Å². The summed E-state index contributed by atoms with van der Waals surface area (Å²) >= 11 is 0. The van der Waals surface area contributed by atoms with Crippen molar-refractivity contribution in [2.75, 3.05) is 6.61 Å². The Hall–Kier alpha value is -2.13. The van der Waals surface area contributed by atoms with Crippen LogP contribution in [0.25, 0.3) is 0 Å². The molecular weight excluding hydrogens is 286 g/mol. The lowest BCUT2D eigenvalue weighted by Crippen LogP contribution is -2.45. The molecule has 1 aliphatic rings. The van der Waals surface area contributed by atoms with Gasteiger partial charge in [0.2, 0.25) is 0 Å². The normalized spacial score (nSPS) is 17.6. The summed E-state index contributed by atoms with van der Waals surface area (Å²) in [4.78, 5) is 14.6. The number of rotatable bonds is 4.